The van der Waals surface area contributed by atoms with Crippen LogP contribution in [0.3, 0.4) is 0 Å². The first-order valence-corrected chi connectivity index (χ1v) is 5.58. The van der Waals surface area contributed by atoms with Crippen molar-refractivity contribution in [2.45, 2.75) is 37.3 Å². The van der Waals surface area contributed by atoms with Crippen LogP contribution in [0.15, 0.2) is 18.3 Å². The first-order valence-electron chi connectivity index (χ1n) is 5.20. The molecule has 74 valence electrons. The van der Waals surface area contributed by atoms with Gasteiger partial charge in [-0.1, -0.05) is 11.6 Å². The van der Waals surface area contributed by atoms with Crippen LogP contribution in [0.4, 0.5) is 0 Å². The Balaban J connectivity index is 1.86. The molecule has 2 saturated heterocycles. The van der Waals surface area contributed by atoms with E-state index in [0.717, 1.165) is 11.1 Å². The minimum absolute atomic E-state index is 0.617. The van der Waals surface area contributed by atoms with Crippen LogP contribution >= 0.6 is 11.6 Å². The van der Waals surface area contributed by atoms with Gasteiger partial charge in [-0.25, -0.2) is 0 Å². The fraction of sp³-hybridized carbons (Fsp3) is 0.545. The lowest BCUT2D eigenvalue weighted by Gasteiger charge is -2.19. The Kier molecular flexibility index (Phi) is 1.99. The summed E-state index contributed by atoms with van der Waals surface area (Å²) in [7, 11) is 0. The number of hydrogen-bond donors (Lipinski definition) is 1. The second kappa shape index (κ2) is 3.21. The fourth-order valence-electron chi connectivity index (χ4n) is 2.76. The molecule has 0 spiro atoms. The monoisotopic (exact) mass is 208 g/mol. The van der Waals surface area contributed by atoms with Gasteiger partial charge in [-0.3, -0.25) is 4.98 Å². The Hall–Kier alpha value is -0.600. The van der Waals surface area contributed by atoms with Crippen LogP contribution in [-0.4, -0.2) is 17.1 Å². The minimum Gasteiger partial charge on any atom is -0.311 e. The van der Waals surface area contributed by atoms with Gasteiger partial charge in [-0.2, -0.15) is 0 Å². The Morgan fingerprint density at radius 3 is 2.86 bits per heavy atom. The molecule has 1 aromatic heterocycles. The van der Waals surface area contributed by atoms with Gasteiger partial charge in [0.25, 0.3) is 0 Å². The number of nitrogens with one attached hydrogen (secondary N) is 1. The van der Waals surface area contributed by atoms with Crippen molar-refractivity contribution in [2.75, 3.05) is 0 Å². The highest BCUT2D eigenvalue weighted by Gasteiger charge is 2.40. The third-order valence-electron chi connectivity index (χ3n) is 3.43. The van der Waals surface area contributed by atoms with Crippen molar-refractivity contribution in [1.82, 2.24) is 10.3 Å². The third-order valence-corrected chi connectivity index (χ3v) is 3.65. The first kappa shape index (κ1) is 8.69. The highest BCUT2D eigenvalue weighted by Crippen LogP contribution is 2.39. The van der Waals surface area contributed by atoms with E-state index in [1.54, 1.807) is 6.20 Å². The number of rotatable bonds is 1. The Morgan fingerprint density at radius 2 is 2.29 bits per heavy atom. The molecule has 2 bridgehead atoms. The molecule has 1 aromatic rings. The average molecular weight is 209 g/mol. The van der Waals surface area contributed by atoms with Gasteiger partial charge in [0.1, 0.15) is 0 Å². The van der Waals surface area contributed by atoms with Crippen molar-refractivity contribution in [1.29, 1.82) is 0 Å². The number of fused-ring (bicyclic) bond motifs is 2. The smallest absolute Gasteiger partial charge is 0.0589 e. The van der Waals surface area contributed by atoms with Crippen molar-refractivity contribution < 1.29 is 0 Å². The SMILES string of the molecule is Clc1ccc([C@H]2C[C@H]3CC[C@@H]2N3)nc1. The molecule has 0 unspecified atom stereocenters. The Bertz CT molecular complexity index is 336. The maximum absolute atomic E-state index is 5.82. The van der Waals surface area contributed by atoms with E-state index in [2.05, 4.69) is 16.4 Å². The molecule has 0 radical (unpaired) electrons. The van der Waals surface area contributed by atoms with E-state index >= 15 is 0 Å². The largest absolute Gasteiger partial charge is 0.311 e. The van der Waals surface area contributed by atoms with E-state index in [1.807, 2.05) is 6.07 Å². The van der Waals surface area contributed by atoms with Crippen molar-refractivity contribution in [2.24, 2.45) is 0 Å². The van der Waals surface area contributed by atoms with Crippen LogP contribution in [-0.2, 0) is 0 Å². The summed E-state index contributed by atoms with van der Waals surface area (Å²) >= 11 is 5.82. The van der Waals surface area contributed by atoms with E-state index in [-0.39, 0.29) is 0 Å². The number of nitrogens with zero attached hydrogens (tertiary/aromatic N) is 1. The maximum Gasteiger partial charge on any atom is 0.0589 e. The molecule has 2 aliphatic heterocycles. The maximum atomic E-state index is 5.82. The first-order chi connectivity index (χ1) is 6.83. The van der Waals surface area contributed by atoms with Crippen LogP contribution in [0.5, 0.6) is 0 Å². The molecule has 0 aromatic carbocycles. The van der Waals surface area contributed by atoms with Crippen LogP contribution in [0, 0.1) is 0 Å². The number of aromatic nitrogens is 1. The van der Waals surface area contributed by atoms with Gasteiger partial charge >= 0.3 is 0 Å². The Morgan fingerprint density at radius 1 is 1.36 bits per heavy atom. The molecule has 0 aliphatic carbocycles. The van der Waals surface area contributed by atoms with Crippen molar-refractivity contribution in [3.8, 4) is 0 Å². The molecule has 14 heavy (non-hydrogen) atoms. The van der Waals surface area contributed by atoms with Gasteiger partial charge in [0.2, 0.25) is 0 Å². The second-order valence-corrected chi connectivity index (χ2v) is 4.73. The average Bonchev–Trinajstić information content (AvgIpc) is 2.80. The predicted octanol–water partition coefficient (Wildman–Crippen LogP) is 2.34. The van der Waals surface area contributed by atoms with Gasteiger partial charge in [0, 0.05) is 29.9 Å². The number of halogens is 1. The normalized spacial score (nSPS) is 35.1. The van der Waals surface area contributed by atoms with Gasteiger partial charge in [-0.05, 0) is 31.4 Å². The molecule has 3 rings (SSSR count). The summed E-state index contributed by atoms with van der Waals surface area (Å²) in [5, 5.41) is 4.34. The molecule has 2 aliphatic rings. The summed E-state index contributed by atoms with van der Waals surface area (Å²) in [6, 6.07) is 5.40. The van der Waals surface area contributed by atoms with Crippen molar-refractivity contribution >= 4 is 11.6 Å². The molecular weight excluding hydrogens is 196 g/mol. The third kappa shape index (κ3) is 1.33. The summed E-state index contributed by atoms with van der Waals surface area (Å²) in [5.41, 5.74) is 1.20. The lowest BCUT2D eigenvalue weighted by Crippen LogP contribution is -2.22. The molecule has 0 amide bonds. The molecular formula is C11H13ClN2. The van der Waals surface area contributed by atoms with Gasteiger partial charge in [0.15, 0.2) is 0 Å². The summed E-state index contributed by atoms with van der Waals surface area (Å²) < 4.78 is 0. The minimum atomic E-state index is 0.617. The van der Waals surface area contributed by atoms with Gasteiger partial charge < -0.3 is 5.32 Å². The van der Waals surface area contributed by atoms with E-state index in [4.69, 9.17) is 11.6 Å². The number of hydrogen-bond acceptors (Lipinski definition) is 2. The summed E-state index contributed by atoms with van der Waals surface area (Å²) in [5.74, 6) is 0.617. The van der Waals surface area contributed by atoms with Gasteiger partial charge in [-0.15, -0.1) is 0 Å². The van der Waals surface area contributed by atoms with E-state index in [9.17, 15) is 0 Å². The van der Waals surface area contributed by atoms with Crippen molar-refractivity contribution in [3.63, 3.8) is 0 Å². The molecule has 1 N–H and O–H groups in total. The molecule has 3 heterocycles. The fourth-order valence-corrected chi connectivity index (χ4v) is 2.87. The predicted molar refractivity (Wildman–Crippen MR) is 56.6 cm³/mol. The van der Waals surface area contributed by atoms with Crippen molar-refractivity contribution in [3.05, 3.63) is 29.0 Å². The summed E-state index contributed by atoms with van der Waals surface area (Å²) in [6.07, 6.45) is 5.65. The summed E-state index contributed by atoms with van der Waals surface area (Å²) in [6.45, 7) is 0. The van der Waals surface area contributed by atoms with Crippen LogP contribution in [0.2, 0.25) is 5.02 Å². The van der Waals surface area contributed by atoms with Crippen LogP contribution < -0.4 is 5.32 Å². The molecule has 3 heteroatoms. The summed E-state index contributed by atoms with van der Waals surface area (Å²) in [4.78, 5) is 4.41. The zero-order chi connectivity index (χ0) is 9.54. The van der Waals surface area contributed by atoms with E-state index < -0.39 is 0 Å². The van der Waals surface area contributed by atoms with Crippen LogP contribution in [0.25, 0.3) is 0 Å². The topological polar surface area (TPSA) is 24.9 Å². The molecule has 2 nitrogen and oxygen atoms in total. The van der Waals surface area contributed by atoms with E-state index in [0.29, 0.717) is 12.0 Å². The lowest BCUT2D eigenvalue weighted by atomic mass is 9.86. The number of pyridine rings is 1. The quantitative estimate of drug-likeness (QED) is 0.767. The second-order valence-electron chi connectivity index (χ2n) is 4.29. The standard InChI is InChI=1S/C11H13ClN2/c12-7-1-3-10(13-6-7)9-5-8-2-4-11(9)14-8/h1,3,6,8-9,11,14H,2,4-5H2/t8-,9-,11+/m1/s1. The highest BCUT2D eigenvalue weighted by molar-refractivity contribution is 6.30. The Labute approximate surface area is 88.7 Å². The molecule has 2 fully saturated rings. The lowest BCUT2D eigenvalue weighted by molar-refractivity contribution is 0.497. The molecule has 0 saturated carbocycles. The van der Waals surface area contributed by atoms with E-state index in [1.165, 1.54) is 25.0 Å². The zero-order valence-corrected chi connectivity index (χ0v) is 8.67. The van der Waals surface area contributed by atoms with Gasteiger partial charge in [0.05, 0.1) is 5.02 Å². The van der Waals surface area contributed by atoms with Crippen LogP contribution in [0.1, 0.15) is 30.9 Å². The zero-order valence-electron chi connectivity index (χ0n) is 7.91. The highest BCUT2D eigenvalue weighted by atomic mass is 35.5. The molecule has 3 atom stereocenters.